The summed E-state index contributed by atoms with van der Waals surface area (Å²) in [5, 5.41) is 10.1. The Morgan fingerprint density at radius 1 is 1.22 bits per heavy atom. The number of carboxylic acid groups (broad SMARTS) is 1. The molecule has 0 radical (unpaired) electrons. The van der Waals surface area contributed by atoms with Crippen molar-refractivity contribution in [1.82, 2.24) is 9.97 Å². The van der Waals surface area contributed by atoms with Crippen LogP contribution in [-0.4, -0.2) is 29.9 Å². The second-order valence-corrected chi connectivity index (χ2v) is 11.3. The molecule has 0 bridgehead atoms. The number of hydrogen-bond acceptors (Lipinski definition) is 4. The number of rotatable bonds is 3. The molecule has 0 fully saturated rings. The van der Waals surface area contributed by atoms with Crippen molar-refractivity contribution in [3.05, 3.63) is 69.3 Å². The first-order chi connectivity index (χ1) is 13.0. The molecule has 6 nitrogen and oxygen atoms in total. The van der Waals surface area contributed by atoms with Gasteiger partial charge in [-0.1, -0.05) is 0 Å². The molecule has 1 aromatic carbocycles. The molecular formula is C20H19IN2O4. The number of aryl methyl sites for hydroxylation is 2. The van der Waals surface area contributed by atoms with Crippen molar-refractivity contribution < 1.29 is 13.0 Å². The van der Waals surface area contributed by atoms with E-state index in [4.69, 9.17) is 3.07 Å². The Balaban J connectivity index is 1.69. The van der Waals surface area contributed by atoms with E-state index in [-0.39, 0.29) is 11.1 Å². The molecule has 3 aromatic rings. The van der Waals surface area contributed by atoms with Gasteiger partial charge in [-0.25, -0.2) is 0 Å². The molecule has 3 heterocycles. The Kier molecular flexibility index (Phi) is 4.86. The van der Waals surface area contributed by atoms with Crippen LogP contribution in [0.15, 0.2) is 41.3 Å². The van der Waals surface area contributed by atoms with Gasteiger partial charge in [0.2, 0.25) is 0 Å². The summed E-state index contributed by atoms with van der Waals surface area (Å²) in [5.74, 6) is -0.130. The van der Waals surface area contributed by atoms with E-state index >= 15 is 0 Å². The van der Waals surface area contributed by atoms with E-state index in [2.05, 4.69) is 9.97 Å². The van der Waals surface area contributed by atoms with E-state index in [0.717, 1.165) is 43.2 Å². The third-order valence-electron chi connectivity index (χ3n) is 4.74. The van der Waals surface area contributed by atoms with Gasteiger partial charge in [-0.2, -0.15) is 0 Å². The number of carboxylic acids is 1. The molecule has 1 aliphatic rings. The quantitative estimate of drug-likeness (QED) is 0.444. The molecule has 140 valence electrons. The molecule has 1 aliphatic heterocycles. The summed E-state index contributed by atoms with van der Waals surface area (Å²) in [6.45, 7) is 1.93. The van der Waals surface area contributed by atoms with E-state index in [9.17, 15) is 14.7 Å². The molecule has 0 atom stereocenters. The Hall–Kier alpha value is -2.42. The zero-order valence-corrected chi connectivity index (χ0v) is 16.9. The summed E-state index contributed by atoms with van der Waals surface area (Å²) >= 11 is -1.75. The molecule has 7 heteroatoms. The van der Waals surface area contributed by atoms with Crippen LogP contribution in [-0.2, 0) is 12.8 Å². The van der Waals surface area contributed by atoms with E-state index in [0.29, 0.717) is 11.9 Å². The number of pyridine rings is 2. The number of H-pyrrole nitrogens is 1. The maximum absolute atomic E-state index is 12.6. The number of halogens is 1. The SMILES string of the molecule is Cc1ncccc1OI1CCc2c(c3cc(C(=O)O)ccc3[nH]c2=O)CC1. The molecule has 27 heavy (non-hydrogen) atoms. The summed E-state index contributed by atoms with van der Waals surface area (Å²) in [5.41, 5.74) is 3.48. The molecule has 4 rings (SSSR count). The predicted octanol–water partition coefficient (Wildman–Crippen LogP) is 3.53. The standard InChI is InChI=1S/C20H19IN2O4/c1-12-18(3-2-10-22-12)27-21-8-6-14-15(7-9-21)19(24)23-17-5-4-13(20(25)26)11-16(14)17/h2-5,10-11H,6-9H2,1H3,(H,23,24)(H,25,26). The second-order valence-electron chi connectivity index (χ2n) is 6.43. The van der Waals surface area contributed by atoms with Gasteiger partial charge >= 0.3 is 164 Å². The van der Waals surface area contributed by atoms with Gasteiger partial charge in [-0.3, -0.25) is 0 Å². The number of benzene rings is 1. The van der Waals surface area contributed by atoms with Crippen LogP contribution in [0.2, 0.25) is 0 Å². The van der Waals surface area contributed by atoms with Gasteiger partial charge in [0.15, 0.2) is 0 Å². The summed E-state index contributed by atoms with van der Waals surface area (Å²) in [6.07, 6.45) is 3.16. The van der Waals surface area contributed by atoms with Crippen molar-refractivity contribution in [3.8, 4) is 5.75 Å². The van der Waals surface area contributed by atoms with Crippen LogP contribution in [0.4, 0.5) is 0 Å². The molecule has 0 aliphatic carbocycles. The fraction of sp³-hybridized carbons (Fsp3) is 0.250. The van der Waals surface area contributed by atoms with Crippen LogP contribution in [0, 0.1) is 6.92 Å². The van der Waals surface area contributed by atoms with Gasteiger partial charge < -0.3 is 0 Å². The first kappa shape index (κ1) is 18.0. The van der Waals surface area contributed by atoms with Crippen LogP contribution >= 0.6 is 20.2 Å². The molecule has 0 saturated heterocycles. The number of nitrogens with one attached hydrogen (secondary N) is 1. The van der Waals surface area contributed by atoms with Gasteiger partial charge in [0.1, 0.15) is 0 Å². The van der Waals surface area contributed by atoms with Crippen LogP contribution < -0.4 is 8.63 Å². The van der Waals surface area contributed by atoms with Crippen molar-refractivity contribution >= 4 is 37.1 Å². The van der Waals surface area contributed by atoms with Crippen molar-refractivity contribution in [2.45, 2.75) is 19.8 Å². The van der Waals surface area contributed by atoms with E-state index in [1.54, 1.807) is 18.3 Å². The third kappa shape index (κ3) is 3.55. The second kappa shape index (κ2) is 7.30. The minimum absolute atomic E-state index is 0.0733. The topological polar surface area (TPSA) is 92.3 Å². The molecular weight excluding hydrogens is 459 g/mol. The molecule has 0 saturated carbocycles. The average molecular weight is 478 g/mol. The molecule has 0 spiro atoms. The van der Waals surface area contributed by atoms with Crippen LogP contribution in [0.3, 0.4) is 0 Å². The number of aromatic carboxylic acids is 1. The van der Waals surface area contributed by atoms with Gasteiger partial charge in [-0.05, 0) is 0 Å². The van der Waals surface area contributed by atoms with Crippen molar-refractivity contribution in [2.24, 2.45) is 0 Å². The first-order valence-corrected chi connectivity index (χ1v) is 12.6. The number of nitrogens with zero attached hydrogens (tertiary/aromatic N) is 1. The number of fused-ring (bicyclic) bond motifs is 3. The van der Waals surface area contributed by atoms with Crippen molar-refractivity contribution in [3.63, 3.8) is 0 Å². The zero-order chi connectivity index (χ0) is 19.0. The fourth-order valence-electron chi connectivity index (χ4n) is 3.32. The Bertz CT molecular complexity index is 1090. The molecule has 2 aromatic heterocycles. The van der Waals surface area contributed by atoms with Crippen molar-refractivity contribution in [1.29, 1.82) is 0 Å². The Labute approximate surface area is 163 Å². The third-order valence-corrected chi connectivity index (χ3v) is 9.32. The number of aromatic nitrogens is 2. The molecule has 0 amide bonds. The van der Waals surface area contributed by atoms with Crippen molar-refractivity contribution in [2.75, 3.05) is 8.86 Å². The monoisotopic (exact) mass is 478 g/mol. The molecule has 2 N–H and O–H groups in total. The maximum atomic E-state index is 12.6. The van der Waals surface area contributed by atoms with Crippen LogP contribution in [0.1, 0.15) is 27.2 Å². The minimum atomic E-state index is -1.75. The first-order valence-electron chi connectivity index (χ1n) is 8.66. The number of carbonyl (C=O) groups is 1. The van der Waals surface area contributed by atoms with Gasteiger partial charge in [0.25, 0.3) is 0 Å². The van der Waals surface area contributed by atoms with Gasteiger partial charge in [0, 0.05) is 0 Å². The zero-order valence-electron chi connectivity index (χ0n) is 14.8. The van der Waals surface area contributed by atoms with E-state index < -0.39 is 26.2 Å². The van der Waals surface area contributed by atoms with Gasteiger partial charge in [-0.15, -0.1) is 0 Å². The average Bonchev–Trinajstić information content (AvgIpc) is 2.87. The summed E-state index contributed by atoms with van der Waals surface area (Å²) in [4.78, 5) is 31.1. The van der Waals surface area contributed by atoms with Crippen LogP contribution in [0.5, 0.6) is 5.75 Å². The molecule has 0 unspecified atom stereocenters. The normalized spacial score (nSPS) is 15.2. The van der Waals surface area contributed by atoms with Gasteiger partial charge in [0.05, 0.1) is 0 Å². The summed E-state index contributed by atoms with van der Waals surface area (Å²) < 4.78 is 8.10. The fourth-order valence-corrected chi connectivity index (χ4v) is 7.72. The summed E-state index contributed by atoms with van der Waals surface area (Å²) in [6, 6.07) is 8.69. The Morgan fingerprint density at radius 3 is 2.74 bits per heavy atom. The Morgan fingerprint density at radius 2 is 2.00 bits per heavy atom. The van der Waals surface area contributed by atoms with E-state index in [1.807, 2.05) is 19.1 Å². The predicted molar refractivity (Wildman–Crippen MR) is 112 cm³/mol. The number of aromatic amines is 1. The number of hydrogen-bond donors (Lipinski definition) is 2. The van der Waals surface area contributed by atoms with Crippen LogP contribution in [0.25, 0.3) is 10.9 Å². The van der Waals surface area contributed by atoms with E-state index in [1.165, 1.54) is 6.07 Å². The summed E-state index contributed by atoms with van der Waals surface area (Å²) in [7, 11) is 0. The number of alkyl halides is 2.